The molecule has 9 nitrogen and oxygen atoms in total. The van der Waals surface area contributed by atoms with Crippen LogP contribution in [0.3, 0.4) is 0 Å². The lowest BCUT2D eigenvalue weighted by Crippen LogP contribution is -2.20. The molecule has 3 rings (SSSR count). The van der Waals surface area contributed by atoms with E-state index in [4.69, 9.17) is 23.4 Å². The van der Waals surface area contributed by atoms with Gasteiger partial charge >= 0.3 is 11.9 Å². The Bertz CT molecular complexity index is 1180. The third-order valence-corrected chi connectivity index (χ3v) is 5.23. The Morgan fingerprint density at radius 2 is 1.75 bits per heavy atom. The molecular weight excluding hydrogens is 466 g/mol. The number of fused-ring (bicyclic) bond motifs is 1. The fraction of sp³-hybridized carbons (Fsp3) is 0.370. The number of carbonyl (C=O) groups is 2. The highest BCUT2D eigenvalue weighted by atomic mass is 16.5. The number of hydrogen-bond acceptors (Lipinski definition) is 8. The van der Waals surface area contributed by atoms with E-state index in [1.54, 1.807) is 37.3 Å². The van der Waals surface area contributed by atoms with E-state index in [2.05, 4.69) is 4.98 Å². The molecule has 1 N–H and O–H groups in total. The molecule has 0 aliphatic carbocycles. The minimum Gasteiger partial charge on any atom is -0.491 e. The zero-order valence-electron chi connectivity index (χ0n) is 20.7. The SMILES string of the molecule is CCOCCOCCOc1ccc2nc(-c3ccc(C=C(C(=O)O)C(=O)OC(C)CC)cc3)oc2c1. The highest BCUT2D eigenvalue weighted by Crippen LogP contribution is 2.27. The van der Waals surface area contributed by atoms with Crippen LogP contribution < -0.4 is 4.74 Å². The van der Waals surface area contributed by atoms with Crippen LogP contribution in [0.2, 0.25) is 0 Å². The van der Waals surface area contributed by atoms with Crippen molar-refractivity contribution in [1.82, 2.24) is 4.98 Å². The van der Waals surface area contributed by atoms with Gasteiger partial charge in [0.1, 0.15) is 23.4 Å². The molecule has 9 heteroatoms. The summed E-state index contributed by atoms with van der Waals surface area (Å²) in [6, 6.07) is 12.3. The predicted molar refractivity (Wildman–Crippen MR) is 134 cm³/mol. The summed E-state index contributed by atoms with van der Waals surface area (Å²) in [5, 5.41) is 9.42. The summed E-state index contributed by atoms with van der Waals surface area (Å²) in [6.07, 6.45) is 1.51. The number of ether oxygens (including phenoxy) is 4. The number of aromatic nitrogens is 1. The summed E-state index contributed by atoms with van der Waals surface area (Å²) in [7, 11) is 0. The van der Waals surface area contributed by atoms with Gasteiger partial charge in [0.15, 0.2) is 5.58 Å². The maximum Gasteiger partial charge on any atom is 0.345 e. The monoisotopic (exact) mass is 497 g/mol. The number of benzene rings is 2. The number of hydrogen-bond donors (Lipinski definition) is 1. The van der Waals surface area contributed by atoms with E-state index >= 15 is 0 Å². The van der Waals surface area contributed by atoms with Crippen molar-refractivity contribution in [3.05, 3.63) is 53.6 Å². The lowest BCUT2D eigenvalue weighted by molar-refractivity contribution is -0.147. The molecule has 0 aliphatic heterocycles. The summed E-state index contributed by atoms with van der Waals surface area (Å²) in [5.41, 5.74) is 2.05. The first-order valence-electron chi connectivity index (χ1n) is 11.9. The van der Waals surface area contributed by atoms with E-state index in [9.17, 15) is 14.7 Å². The summed E-state index contributed by atoms with van der Waals surface area (Å²) in [5.74, 6) is -1.16. The smallest absolute Gasteiger partial charge is 0.345 e. The van der Waals surface area contributed by atoms with Crippen molar-refractivity contribution in [2.75, 3.05) is 33.0 Å². The van der Waals surface area contributed by atoms with Crippen molar-refractivity contribution in [2.24, 2.45) is 0 Å². The summed E-state index contributed by atoms with van der Waals surface area (Å²) < 4.78 is 27.4. The van der Waals surface area contributed by atoms with Gasteiger partial charge in [0, 0.05) is 18.2 Å². The van der Waals surface area contributed by atoms with Gasteiger partial charge in [-0.2, -0.15) is 0 Å². The fourth-order valence-electron chi connectivity index (χ4n) is 3.13. The van der Waals surface area contributed by atoms with E-state index in [0.29, 0.717) is 73.3 Å². The standard InChI is InChI=1S/C27H31NO8/c1-4-18(3)35-27(31)22(26(29)30)16-19-6-8-20(9-7-19)25-28-23-11-10-21(17-24(23)36-25)34-15-14-33-13-12-32-5-2/h6-11,16-18H,4-5,12-15H2,1-3H3,(H,29,30). The number of esters is 1. The molecule has 1 atom stereocenters. The fourth-order valence-corrected chi connectivity index (χ4v) is 3.13. The van der Waals surface area contributed by atoms with E-state index in [1.165, 1.54) is 6.08 Å². The zero-order valence-corrected chi connectivity index (χ0v) is 20.7. The number of aliphatic carboxylic acids is 1. The first-order valence-corrected chi connectivity index (χ1v) is 11.9. The normalized spacial score (nSPS) is 12.5. The van der Waals surface area contributed by atoms with Gasteiger partial charge in [-0.25, -0.2) is 14.6 Å². The van der Waals surface area contributed by atoms with Crippen molar-refractivity contribution in [2.45, 2.75) is 33.3 Å². The van der Waals surface area contributed by atoms with Crippen molar-refractivity contribution in [1.29, 1.82) is 0 Å². The molecule has 1 heterocycles. The van der Waals surface area contributed by atoms with Crippen molar-refractivity contribution in [3.63, 3.8) is 0 Å². The average molecular weight is 498 g/mol. The molecule has 0 radical (unpaired) electrons. The highest BCUT2D eigenvalue weighted by Gasteiger charge is 2.21. The van der Waals surface area contributed by atoms with Gasteiger partial charge in [0.2, 0.25) is 5.89 Å². The van der Waals surface area contributed by atoms with Gasteiger partial charge in [-0.1, -0.05) is 19.1 Å². The van der Waals surface area contributed by atoms with Gasteiger partial charge < -0.3 is 28.5 Å². The first-order chi connectivity index (χ1) is 17.4. The van der Waals surface area contributed by atoms with Crippen LogP contribution in [-0.2, 0) is 23.8 Å². The van der Waals surface area contributed by atoms with Crippen LogP contribution in [0, 0.1) is 0 Å². The third-order valence-electron chi connectivity index (χ3n) is 5.23. The summed E-state index contributed by atoms with van der Waals surface area (Å²) in [4.78, 5) is 28.2. The molecule has 36 heavy (non-hydrogen) atoms. The number of carboxylic acids is 1. The first kappa shape index (κ1) is 26.9. The molecule has 0 amide bonds. The molecule has 1 aromatic heterocycles. The van der Waals surface area contributed by atoms with E-state index in [1.807, 2.05) is 26.0 Å². The largest absolute Gasteiger partial charge is 0.491 e. The molecule has 3 aromatic rings. The van der Waals surface area contributed by atoms with Crippen LogP contribution in [0.5, 0.6) is 5.75 Å². The second-order valence-electron chi connectivity index (χ2n) is 7.92. The zero-order chi connectivity index (χ0) is 25.9. The topological polar surface area (TPSA) is 117 Å². The molecule has 0 fully saturated rings. The van der Waals surface area contributed by atoms with E-state index in [0.717, 1.165) is 0 Å². The Hall–Kier alpha value is -3.69. The lowest BCUT2D eigenvalue weighted by atomic mass is 10.1. The van der Waals surface area contributed by atoms with Crippen LogP contribution in [0.15, 0.2) is 52.5 Å². The Balaban J connectivity index is 1.65. The van der Waals surface area contributed by atoms with Crippen LogP contribution in [0.25, 0.3) is 28.6 Å². The molecule has 1 unspecified atom stereocenters. The maximum atomic E-state index is 12.2. The second-order valence-corrected chi connectivity index (χ2v) is 7.92. The molecule has 0 bridgehead atoms. The Morgan fingerprint density at radius 3 is 2.44 bits per heavy atom. The van der Waals surface area contributed by atoms with Crippen LogP contribution in [-0.4, -0.2) is 61.2 Å². The lowest BCUT2D eigenvalue weighted by Gasteiger charge is -2.11. The molecule has 192 valence electrons. The molecule has 0 saturated heterocycles. The van der Waals surface area contributed by atoms with Crippen LogP contribution in [0.4, 0.5) is 0 Å². The van der Waals surface area contributed by atoms with Gasteiger partial charge in [-0.05, 0) is 56.2 Å². The average Bonchev–Trinajstić information content (AvgIpc) is 3.30. The Kier molecular flexibility index (Phi) is 10.0. The number of nitrogens with zero attached hydrogens (tertiary/aromatic N) is 1. The number of carboxylic acid groups (broad SMARTS) is 1. The van der Waals surface area contributed by atoms with Gasteiger partial charge in [-0.15, -0.1) is 0 Å². The Morgan fingerprint density at radius 1 is 1.03 bits per heavy atom. The summed E-state index contributed by atoms with van der Waals surface area (Å²) in [6.45, 7) is 8.10. The Labute approximate surface area is 209 Å². The van der Waals surface area contributed by atoms with Crippen molar-refractivity contribution < 1.29 is 38.1 Å². The quantitative estimate of drug-likeness (QED) is 0.111. The predicted octanol–water partition coefficient (Wildman–Crippen LogP) is 4.74. The van der Waals surface area contributed by atoms with Crippen molar-refractivity contribution >= 4 is 29.1 Å². The van der Waals surface area contributed by atoms with Gasteiger partial charge in [0.05, 0.1) is 25.9 Å². The van der Waals surface area contributed by atoms with E-state index < -0.39 is 17.5 Å². The summed E-state index contributed by atoms with van der Waals surface area (Å²) >= 11 is 0. The molecule has 0 aliphatic rings. The second kappa shape index (κ2) is 13.4. The van der Waals surface area contributed by atoms with Gasteiger partial charge in [0.25, 0.3) is 0 Å². The number of oxazole rings is 1. The minimum atomic E-state index is -1.35. The molecule has 0 saturated carbocycles. The minimum absolute atomic E-state index is 0.369. The molecule has 0 spiro atoms. The third kappa shape index (κ3) is 7.66. The maximum absolute atomic E-state index is 12.2. The number of rotatable bonds is 14. The van der Waals surface area contributed by atoms with Crippen LogP contribution in [0.1, 0.15) is 32.8 Å². The van der Waals surface area contributed by atoms with Crippen LogP contribution >= 0.6 is 0 Å². The van der Waals surface area contributed by atoms with E-state index in [-0.39, 0.29) is 6.10 Å². The highest BCUT2D eigenvalue weighted by molar-refractivity contribution is 6.17. The van der Waals surface area contributed by atoms with Gasteiger partial charge in [-0.3, -0.25) is 0 Å². The molecular formula is C27H31NO8. The number of carbonyl (C=O) groups excluding carboxylic acids is 1. The molecule has 2 aromatic carbocycles. The van der Waals surface area contributed by atoms with Crippen molar-refractivity contribution in [3.8, 4) is 17.2 Å².